The van der Waals surface area contributed by atoms with Gasteiger partial charge >= 0.3 is 0 Å². The molecular formula is C12H16N4O. The highest BCUT2D eigenvalue weighted by Crippen LogP contribution is 2.24. The van der Waals surface area contributed by atoms with Gasteiger partial charge in [0.25, 0.3) is 0 Å². The molecule has 17 heavy (non-hydrogen) atoms. The summed E-state index contributed by atoms with van der Waals surface area (Å²) in [5, 5.41) is 11.9. The van der Waals surface area contributed by atoms with E-state index in [-0.39, 0.29) is 12.3 Å². The Bertz CT molecular complexity index is 474. The first-order valence-corrected chi connectivity index (χ1v) is 5.20. The molecule has 0 bridgehead atoms. The molecule has 0 fully saturated rings. The lowest BCUT2D eigenvalue weighted by molar-refractivity contribution is -0.118. The number of benzene rings is 1. The number of hydrogen-bond donors (Lipinski definition) is 3. The SMILES string of the molecule is CC(C)(CC(N)=O)Nc1ccc(C#N)cc1N. The third-order valence-electron chi connectivity index (χ3n) is 2.27. The van der Waals surface area contributed by atoms with Crippen LogP contribution >= 0.6 is 0 Å². The standard InChI is InChI=1S/C12H16N4O/c1-12(2,6-11(15)17)16-10-4-3-8(7-13)5-9(10)14/h3-5,16H,6,14H2,1-2H3,(H2,15,17). The van der Waals surface area contributed by atoms with Gasteiger partial charge in [-0.05, 0) is 32.0 Å². The van der Waals surface area contributed by atoms with Crippen LogP contribution in [0.2, 0.25) is 0 Å². The predicted molar refractivity (Wildman–Crippen MR) is 67.1 cm³/mol. The lowest BCUT2D eigenvalue weighted by Crippen LogP contribution is -2.36. The summed E-state index contributed by atoms with van der Waals surface area (Å²) < 4.78 is 0. The van der Waals surface area contributed by atoms with Gasteiger partial charge in [-0.25, -0.2) is 0 Å². The Morgan fingerprint density at radius 2 is 2.18 bits per heavy atom. The minimum atomic E-state index is -0.478. The summed E-state index contributed by atoms with van der Waals surface area (Å²) in [5.41, 5.74) is 12.2. The molecule has 0 atom stereocenters. The zero-order valence-electron chi connectivity index (χ0n) is 9.95. The number of nitrogen functional groups attached to an aromatic ring is 1. The lowest BCUT2D eigenvalue weighted by atomic mass is 9.99. The van der Waals surface area contributed by atoms with Gasteiger partial charge in [-0.3, -0.25) is 4.79 Å². The van der Waals surface area contributed by atoms with E-state index >= 15 is 0 Å². The Labute approximate surface area is 100 Å². The number of anilines is 2. The van der Waals surface area contributed by atoms with Crippen molar-refractivity contribution < 1.29 is 4.79 Å². The molecule has 90 valence electrons. The van der Waals surface area contributed by atoms with Gasteiger partial charge in [0.15, 0.2) is 0 Å². The van der Waals surface area contributed by atoms with Crippen LogP contribution in [0.3, 0.4) is 0 Å². The third-order valence-corrected chi connectivity index (χ3v) is 2.27. The summed E-state index contributed by atoms with van der Waals surface area (Å²) in [6.45, 7) is 3.71. The molecular weight excluding hydrogens is 216 g/mol. The van der Waals surface area contributed by atoms with Crippen molar-refractivity contribution in [3.05, 3.63) is 23.8 Å². The highest BCUT2D eigenvalue weighted by Gasteiger charge is 2.21. The van der Waals surface area contributed by atoms with E-state index in [1.54, 1.807) is 18.2 Å². The number of hydrogen-bond acceptors (Lipinski definition) is 4. The fourth-order valence-corrected chi connectivity index (χ4v) is 1.59. The molecule has 5 heteroatoms. The van der Waals surface area contributed by atoms with Crippen molar-refractivity contribution in [2.24, 2.45) is 5.73 Å². The zero-order valence-corrected chi connectivity index (χ0v) is 9.95. The van der Waals surface area contributed by atoms with Crippen LogP contribution in [0.4, 0.5) is 11.4 Å². The molecule has 5 nitrogen and oxygen atoms in total. The second-order valence-electron chi connectivity index (χ2n) is 4.57. The number of amides is 1. The Hall–Kier alpha value is -2.22. The molecule has 1 aromatic rings. The van der Waals surface area contributed by atoms with Crippen LogP contribution < -0.4 is 16.8 Å². The number of nitrogens with zero attached hydrogens (tertiary/aromatic N) is 1. The molecule has 1 aromatic carbocycles. The van der Waals surface area contributed by atoms with Crippen molar-refractivity contribution in [1.82, 2.24) is 0 Å². The van der Waals surface area contributed by atoms with Crippen LogP contribution in [0, 0.1) is 11.3 Å². The second kappa shape index (κ2) is 4.74. The minimum Gasteiger partial charge on any atom is -0.397 e. The fraction of sp³-hybridized carbons (Fsp3) is 0.333. The normalized spacial score (nSPS) is 10.6. The molecule has 0 aliphatic rings. The molecule has 0 saturated carbocycles. The Balaban J connectivity index is 2.89. The average molecular weight is 232 g/mol. The van der Waals surface area contributed by atoms with E-state index in [0.717, 1.165) is 0 Å². The number of nitriles is 1. The Morgan fingerprint density at radius 1 is 1.53 bits per heavy atom. The molecule has 1 amide bonds. The molecule has 0 aliphatic heterocycles. The zero-order chi connectivity index (χ0) is 13.1. The Morgan fingerprint density at radius 3 is 2.65 bits per heavy atom. The smallest absolute Gasteiger partial charge is 0.219 e. The number of nitrogens with one attached hydrogen (secondary N) is 1. The van der Waals surface area contributed by atoms with E-state index in [9.17, 15) is 4.79 Å². The van der Waals surface area contributed by atoms with Crippen LogP contribution in [0.1, 0.15) is 25.8 Å². The highest BCUT2D eigenvalue weighted by molar-refractivity contribution is 5.76. The van der Waals surface area contributed by atoms with Crippen LogP contribution in [0.25, 0.3) is 0 Å². The maximum absolute atomic E-state index is 10.9. The average Bonchev–Trinajstić information content (AvgIpc) is 2.18. The topological polar surface area (TPSA) is 105 Å². The van der Waals surface area contributed by atoms with Gasteiger partial charge in [-0.1, -0.05) is 0 Å². The number of carbonyl (C=O) groups is 1. The molecule has 0 heterocycles. The van der Waals surface area contributed by atoms with Gasteiger partial charge in [-0.15, -0.1) is 0 Å². The molecule has 0 aliphatic carbocycles. The summed E-state index contributed by atoms with van der Waals surface area (Å²) in [4.78, 5) is 10.9. The van der Waals surface area contributed by atoms with Crippen molar-refractivity contribution in [1.29, 1.82) is 5.26 Å². The van der Waals surface area contributed by atoms with Crippen LogP contribution in [0.15, 0.2) is 18.2 Å². The summed E-state index contributed by atoms with van der Waals surface area (Å²) >= 11 is 0. The lowest BCUT2D eigenvalue weighted by Gasteiger charge is -2.27. The van der Waals surface area contributed by atoms with E-state index in [1.165, 1.54) is 0 Å². The van der Waals surface area contributed by atoms with E-state index in [0.29, 0.717) is 16.9 Å². The van der Waals surface area contributed by atoms with E-state index in [1.807, 2.05) is 19.9 Å². The van der Waals surface area contributed by atoms with Crippen molar-refractivity contribution >= 4 is 17.3 Å². The van der Waals surface area contributed by atoms with E-state index in [4.69, 9.17) is 16.7 Å². The van der Waals surface area contributed by atoms with E-state index in [2.05, 4.69) is 5.32 Å². The highest BCUT2D eigenvalue weighted by atomic mass is 16.1. The molecule has 0 aromatic heterocycles. The molecule has 5 N–H and O–H groups in total. The molecule has 0 radical (unpaired) electrons. The van der Waals surface area contributed by atoms with E-state index < -0.39 is 5.54 Å². The number of carbonyl (C=O) groups excluding carboxylic acids is 1. The first-order valence-electron chi connectivity index (χ1n) is 5.20. The van der Waals surface area contributed by atoms with Crippen molar-refractivity contribution in [3.63, 3.8) is 0 Å². The van der Waals surface area contributed by atoms with Crippen LogP contribution in [0.5, 0.6) is 0 Å². The van der Waals surface area contributed by atoms with Gasteiger partial charge in [0.2, 0.25) is 5.91 Å². The predicted octanol–water partition coefficient (Wildman–Crippen LogP) is 1.21. The Kier molecular flexibility index (Phi) is 3.59. The number of nitrogens with two attached hydrogens (primary N) is 2. The maximum Gasteiger partial charge on any atom is 0.219 e. The maximum atomic E-state index is 10.9. The van der Waals surface area contributed by atoms with Gasteiger partial charge in [0, 0.05) is 12.0 Å². The van der Waals surface area contributed by atoms with Gasteiger partial charge in [-0.2, -0.15) is 5.26 Å². The van der Waals surface area contributed by atoms with Crippen molar-refractivity contribution in [2.75, 3.05) is 11.1 Å². The number of rotatable bonds is 4. The molecule has 0 saturated heterocycles. The minimum absolute atomic E-state index is 0.201. The first kappa shape index (κ1) is 12.8. The summed E-state index contributed by atoms with van der Waals surface area (Å²) in [6, 6.07) is 6.98. The largest absolute Gasteiger partial charge is 0.397 e. The van der Waals surface area contributed by atoms with Gasteiger partial charge in [0.1, 0.15) is 0 Å². The monoisotopic (exact) mass is 232 g/mol. The van der Waals surface area contributed by atoms with Gasteiger partial charge in [0.05, 0.1) is 23.0 Å². The molecule has 0 spiro atoms. The van der Waals surface area contributed by atoms with Crippen LogP contribution in [-0.4, -0.2) is 11.4 Å². The summed E-state index contributed by atoms with van der Waals surface area (Å²) in [6.07, 6.45) is 0.201. The quantitative estimate of drug-likeness (QED) is 0.678. The number of primary amides is 1. The van der Waals surface area contributed by atoms with Gasteiger partial charge < -0.3 is 16.8 Å². The summed E-state index contributed by atoms with van der Waals surface area (Å²) in [7, 11) is 0. The second-order valence-corrected chi connectivity index (χ2v) is 4.57. The van der Waals surface area contributed by atoms with Crippen LogP contribution in [-0.2, 0) is 4.79 Å². The van der Waals surface area contributed by atoms with Crippen molar-refractivity contribution in [3.8, 4) is 6.07 Å². The molecule has 1 rings (SSSR count). The fourth-order valence-electron chi connectivity index (χ4n) is 1.59. The van der Waals surface area contributed by atoms with Crippen molar-refractivity contribution in [2.45, 2.75) is 25.8 Å². The molecule has 0 unspecified atom stereocenters. The third kappa shape index (κ3) is 3.68. The summed E-state index contributed by atoms with van der Waals surface area (Å²) in [5.74, 6) is -0.380. The first-order chi connectivity index (χ1) is 7.84.